The van der Waals surface area contributed by atoms with Gasteiger partial charge in [0.15, 0.2) is 5.82 Å². The van der Waals surface area contributed by atoms with E-state index in [9.17, 15) is 9.59 Å². The van der Waals surface area contributed by atoms with Crippen molar-refractivity contribution >= 4 is 23.1 Å². The van der Waals surface area contributed by atoms with Gasteiger partial charge < -0.3 is 22.1 Å². The molecular weight excluding hydrogens is 430 g/mol. The topological polar surface area (TPSA) is 152 Å². The third kappa shape index (κ3) is 7.28. The molecule has 0 aliphatic heterocycles. The first kappa shape index (κ1) is 26.3. The number of benzene rings is 1. The van der Waals surface area contributed by atoms with E-state index >= 15 is 0 Å². The normalized spacial score (nSPS) is 11.9. The van der Waals surface area contributed by atoms with Crippen molar-refractivity contribution in [3.63, 3.8) is 0 Å². The van der Waals surface area contributed by atoms with Gasteiger partial charge in [0.25, 0.3) is 5.56 Å². The lowest BCUT2D eigenvalue weighted by Crippen LogP contribution is -2.35. The first-order chi connectivity index (χ1) is 16.2. The highest BCUT2D eigenvalue weighted by atomic mass is 16.2. The number of nitrogen functional groups attached to an aromatic ring is 1. The van der Waals surface area contributed by atoms with Crippen LogP contribution in [-0.2, 0) is 17.9 Å². The molecule has 7 N–H and O–H groups in total. The molecule has 0 spiro atoms. The molecule has 9 heteroatoms. The van der Waals surface area contributed by atoms with E-state index in [0.29, 0.717) is 23.4 Å². The number of anilines is 1. The summed E-state index contributed by atoms with van der Waals surface area (Å²) in [5.41, 5.74) is 14.1. The van der Waals surface area contributed by atoms with Gasteiger partial charge in [-0.3, -0.25) is 19.6 Å². The fourth-order valence-corrected chi connectivity index (χ4v) is 3.18. The Kier molecular flexibility index (Phi) is 9.51. The summed E-state index contributed by atoms with van der Waals surface area (Å²) in [6.45, 7) is 10.0. The second kappa shape index (κ2) is 12.3. The van der Waals surface area contributed by atoms with Gasteiger partial charge in [0, 0.05) is 24.7 Å². The van der Waals surface area contributed by atoms with Gasteiger partial charge in [-0.05, 0) is 31.9 Å². The van der Waals surface area contributed by atoms with E-state index in [4.69, 9.17) is 16.9 Å². The predicted octanol–water partition coefficient (Wildman–Crippen LogP) is 2.14. The van der Waals surface area contributed by atoms with Crippen LogP contribution in [0, 0.1) is 5.41 Å². The second-order valence-electron chi connectivity index (χ2n) is 8.06. The highest BCUT2D eigenvalue weighted by Crippen LogP contribution is 2.17. The summed E-state index contributed by atoms with van der Waals surface area (Å²) in [6.07, 6.45) is 6.86. The zero-order chi connectivity index (χ0) is 25.3. The van der Waals surface area contributed by atoms with Crippen molar-refractivity contribution in [1.29, 1.82) is 5.41 Å². The van der Waals surface area contributed by atoms with Crippen molar-refractivity contribution in [1.82, 2.24) is 14.9 Å². The number of hydrogen-bond acceptors (Lipinski definition) is 6. The summed E-state index contributed by atoms with van der Waals surface area (Å²) in [5.74, 6) is -0.184. The lowest BCUT2D eigenvalue weighted by atomic mass is 10.1. The second-order valence-corrected chi connectivity index (χ2v) is 8.06. The van der Waals surface area contributed by atoms with E-state index in [2.05, 4.69) is 22.2 Å². The minimum atomic E-state index is -0.402. The number of carbonyl (C=O) groups is 1. The Morgan fingerprint density at radius 3 is 2.53 bits per heavy atom. The molecule has 0 unspecified atom stereocenters. The first-order valence-electron chi connectivity index (χ1n) is 10.9. The van der Waals surface area contributed by atoms with Gasteiger partial charge >= 0.3 is 0 Å². The highest BCUT2D eigenvalue weighted by Gasteiger charge is 2.16. The van der Waals surface area contributed by atoms with Crippen molar-refractivity contribution in [3.05, 3.63) is 88.0 Å². The number of hydrogen-bond donors (Lipinski definition) is 5. The molecule has 0 atom stereocenters. The molecule has 0 bridgehead atoms. The lowest BCUT2D eigenvalue weighted by molar-refractivity contribution is -0.121. The summed E-state index contributed by atoms with van der Waals surface area (Å²) < 4.78 is 1.38. The maximum Gasteiger partial charge on any atom is 0.294 e. The Hall–Kier alpha value is -3.98. The average molecular weight is 464 g/mol. The number of nitrogens with zero attached hydrogens (tertiary/aromatic N) is 2. The molecule has 0 saturated heterocycles. The van der Waals surface area contributed by atoms with Crippen molar-refractivity contribution < 1.29 is 4.79 Å². The third-order valence-electron chi connectivity index (χ3n) is 4.87. The molecule has 0 saturated carbocycles. The standard InChI is InChI=1S/C25H33N7O2/c1-5-19(12-17(4)10-11-26)21-14-30-24(31-16(2)3)25(34)32(21)15-22(33)29-13-18-6-8-20(9-7-18)23(27)28/h5-10,12,14,16H,1,11,13,15,26H2,2-4H3,(H3,27,28)(H,29,33)(H,30,31)/b17-10-,19-12+. The summed E-state index contributed by atoms with van der Waals surface area (Å²) >= 11 is 0. The molecule has 1 aromatic heterocycles. The van der Waals surface area contributed by atoms with Gasteiger partial charge in [-0.15, -0.1) is 0 Å². The Balaban J connectivity index is 2.35. The molecule has 1 heterocycles. The molecule has 34 heavy (non-hydrogen) atoms. The van der Waals surface area contributed by atoms with E-state index in [1.807, 2.05) is 32.9 Å². The molecule has 2 aromatic rings. The summed E-state index contributed by atoms with van der Waals surface area (Å²) in [5, 5.41) is 13.3. The molecule has 0 radical (unpaired) electrons. The number of nitrogens with one attached hydrogen (secondary N) is 3. The number of carbonyl (C=O) groups excluding carboxylic acids is 1. The number of rotatable bonds is 11. The van der Waals surface area contributed by atoms with E-state index < -0.39 is 5.56 Å². The minimum absolute atomic E-state index is 0.00421. The van der Waals surface area contributed by atoms with Crippen LogP contribution in [0.5, 0.6) is 0 Å². The van der Waals surface area contributed by atoms with Crippen LogP contribution in [-0.4, -0.2) is 33.9 Å². The van der Waals surface area contributed by atoms with E-state index in [-0.39, 0.29) is 36.7 Å². The molecule has 0 aliphatic rings. The summed E-state index contributed by atoms with van der Waals surface area (Å²) in [4.78, 5) is 30.3. The zero-order valence-corrected chi connectivity index (χ0v) is 19.9. The maximum absolute atomic E-state index is 13.2. The average Bonchev–Trinajstić information content (AvgIpc) is 2.79. The van der Waals surface area contributed by atoms with Crippen molar-refractivity contribution in [3.8, 4) is 0 Å². The van der Waals surface area contributed by atoms with Crippen molar-refractivity contribution in [2.45, 2.75) is 39.9 Å². The van der Waals surface area contributed by atoms with Gasteiger partial charge in [-0.2, -0.15) is 0 Å². The quantitative estimate of drug-likeness (QED) is 0.196. The first-order valence-corrected chi connectivity index (χ1v) is 10.9. The predicted molar refractivity (Wildman–Crippen MR) is 138 cm³/mol. The maximum atomic E-state index is 13.2. The SMILES string of the molecule is C=C/C(=C\C(C)=C/CN)c1cnc(NC(C)C)c(=O)n1CC(=O)NCc1ccc(C(=N)N)cc1. The van der Waals surface area contributed by atoms with Gasteiger partial charge in [-0.1, -0.05) is 54.6 Å². The fraction of sp³-hybridized carbons (Fsp3) is 0.280. The van der Waals surface area contributed by atoms with E-state index in [1.54, 1.807) is 36.5 Å². The molecule has 9 nitrogen and oxygen atoms in total. The van der Waals surface area contributed by atoms with Crippen LogP contribution in [0.3, 0.4) is 0 Å². The number of amides is 1. The van der Waals surface area contributed by atoms with Crippen LogP contribution in [0.2, 0.25) is 0 Å². The zero-order valence-electron chi connectivity index (χ0n) is 19.9. The molecule has 1 aromatic carbocycles. The Bertz CT molecular complexity index is 1160. The van der Waals surface area contributed by atoms with Crippen molar-refractivity contribution in [2.24, 2.45) is 11.5 Å². The van der Waals surface area contributed by atoms with Crippen LogP contribution < -0.4 is 27.7 Å². The molecule has 180 valence electrons. The highest BCUT2D eigenvalue weighted by molar-refractivity contribution is 5.94. The number of allylic oxidation sites excluding steroid dienone is 4. The molecule has 0 fully saturated rings. The number of aromatic nitrogens is 2. The van der Waals surface area contributed by atoms with Crippen LogP contribution in [0.4, 0.5) is 5.82 Å². The van der Waals surface area contributed by atoms with Crippen LogP contribution in [0.25, 0.3) is 5.57 Å². The largest absolute Gasteiger partial charge is 0.384 e. The van der Waals surface area contributed by atoms with Gasteiger partial charge in [0.1, 0.15) is 12.4 Å². The smallest absolute Gasteiger partial charge is 0.294 e. The fourth-order valence-electron chi connectivity index (χ4n) is 3.18. The Labute approximate surface area is 199 Å². The van der Waals surface area contributed by atoms with E-state index in [1.165, 1.54) is 4.57 Å². The van der Waals surface area contributed by atoms with Crippen molar-refractivity contribution in [2.75, 3.05) is 11.9 Å². The Morgan fingerprint density at radius 1 is 1.29 bits per heavy atom. The van der Waals surface area contributed by atoms with E-state index in [0.717, 1.165) is 11.1 Å². The number of nitrogens with two attached hydrogens (primary N) is 2. The Morgan fingerprint density at radius 2 is 1.97 bits per heavy atom. The van der Waals surface area contributed by atoms with Gasteiger partial charge in [0.05, 0.1) is 11.9 Å². The van der Waals surface area contributed by atoms with Gasteiger partial charge in [-0.25, -0.2) is 4.98 Å². The monoisotopic (exact) mass is 463 g/mol. The molecule has 2 rings (SSSR count). The molecule has 1 amide bonds. The summed E-state index contributed by atoms with van der Waals surface area (Å²) in [6, 6.07) is 7.01. The lowest BCUT2D eigenvalue weighted by Gasteiger charge is -2.17. The summed E-state index contributed by atoms with van der Waals surface area (Å²) in [7, 11) is 0. The van der Waals surface area contributed by atoms with Crippen LogP contribution >= 0.6 is 0 Å². The molecular formula is C25H33N7O2. The molecule has 0 aliphatic carbocycles. The van der Waals surface area contributed by atoms with Crippen LogP contribution in [0.15, 0.2) is 65.6 Å². The van der Waals surface area contributed by atoms with Crippen LogP contribution in [0.1, 0.15) is 37.6 Å². The minimum Gasteiger partial charge on any atom is -0.384 e. The third-order valence-corrected chi connectivity index (χ3v) is 4.87. The van der Waals surface area contributed by atoms with Gasteiger partial charge in [0.2, 0.25) is 5.91 Å². The number of amidine groups is 1.